The molecule has 0 atom stereocenters. The summed E-state index contributed by atoms with van der Waals surface area (Å²) in [6.07, 6.45) is 0.593. The van der Waals surface area contributed by atoms with E-state index in [4.69, 9.17) is 20.7 Å². The molecule has 15 heteroatoms. The summed E-state index contributed by atoms with van der Waals surface area (Å²) in [7, 11) is 1.45. The van der Waals surface area contributed by atoms with E-state index < -0.39 is 23.6 Å². The fraction of sp³-hybridized carbons (Fsp3) is 0.107. The molecular formula is C28H24F2N8O4S. The van der Waals surface area contributed by atoms with Gasteiger partial charge in [-0.2, -0.15) is 4.98 Å². The molecule has 5 aromatic rings. The van der Waals surface area contributed by atoms with Gasteiger partial charge in [0.15, 0.2) is 5.13 Å². The number of thiazole rings is 1. The maximum absolute atomic E-state index is 14.8. The van der Waals surface area contributed by atoms with Crippen LogP contribution in [0.4, 0.5) is 35.9 Å². The number of nitrogen functional groups attached to an aromatic ring is 2. The lowest BCUT2D eigenvalue weighted by molar-refractivity contribution is 0.102. The number of aromatic nitrogens is 3. The highest BCUT2D eigenvalue weighted by Crippen LogP contribution is 2.36. The van der Waals surface area contributed by atoms with Crippen LogP contribution in [0.2, 0.25) is 0 Å². The molecule has 3 aromatic carbocycles. The van der Waals surface area contributed by atoms with Crippen molar-refractivity contribution in [3.8, 4) is 27.9 Å². The number of benzene rings is 3. The number of urea groups is 1. The van der Waals surface area contributed by atoms with E-state index in [9.17, 15) is 18.4 Å². The number of nitrogens with two attached hydrogens (primary N) is 2. The van der Waals surface area contributed by atoms with E-state index in [1.165, 1.54) is 19.2 Å². The molecule has 7 N–H and O–H groups in total. The van der Waals surface area contributed by atoms with Gasteiger partial charge in [-0.25, -0.2) is 18.6 Å². The fourth-order valence-corrected chi connectivity index (χ4v) is 4.69. The average Bonchev–Trinajstić information content (AvgIpc) is 3.61. The van der Waals surface area contributed by atoms with Gasteiger partial charge >= 0.3 is 6.03 Å². The number of halogens is 2. The molecule has 0 saturated carbocycles. The Hall–Kier alpha value is -5.57. The summed E-state index contributed by atoms with van der Waals surface area (Å²) < 4.78 is 39.7. The van der Waals surface area contributed by atoms with Gasteiger partial charge in [0.05, 0.1) is 18.4 Å². The molecule has 0 aliphatic heterocycles. The number of hydrogen-bond acceptors (Lipinski definition) is 10. The van der Waals surface area contributed by atoms with Crippen LogP contribution in [-0.4, -0.2) is 40.7 Å². The quantitative estimate of drug-likeness (QED) is 0.145. The molecule has 0 bridgehead atoms. The van der Waals surface area contributed by atoms with E-state index >= 15 is 0 Å². The topological polar surface area (TPSA) is 183 Å². The molecule has 0 aliphatic carbocycles. The number of ether oxygens (including phenoxy) is 1. The smallest absolute Gasteiger partial charge is 0.321 e. The van der Waals surface area contributed by atoms with Crippen LogP contribution in [0.15, 0.2) is 65.2 Å². The second-order valence-electron chi connectivity index (χ2n) is 9.03. The summed E-state index contributed by atoms with van der Waals surface area (Å²) in [6, 6.07) is 14.7. The number of nitrogens with one attached hydrogen (secondary N) is 3. The second-order valence-corrected chi connectivity index (χ2v) is 10.0. The third-order valence-electron chi connectivity index (χ3n) is 6.05. The number of hydrogen-bond donors (Lipinski definition) is 5. The number of carbonyl (C=O) groups is 2. The molecule has 43 heavy (non-hydrogen) atoms. The van der Waals surface area contributed by atoms with Gasteiger partial charge in [0.2, 0.25) is 5.82 Å². The predicted octanol–water partition coefficient (Wildman–Crippen LogP) is 4.93. The summed E-state index contributed by atoms with van der Waals surface area (Å²) in [6.45, 7) is 0.363. The van der Waals surface area contributed by atoms with Crippen molar-refractivity contribution in [1.29, 1.82) is 0 Å². The Morgan fingerprint density at radius 2 is 1.79 bits per heavy atom. The van der Waals surface area contributed by atoms with Crippen LogP contribution in [0.5, 0.6) is 5.75 Å². The first kappa shape index (κ1) is 28.9. The summed E-state index contributed by atoms with van der Waals surface area (Å²) in [5.74, 6) is -2.54. The largest absolute Gasteiger partial charge is 0.497 e. The minimum Gasteiger partial charge on any atom is -0.497 e. The van der Waals surface area contributed by atoms with E-state index in [0.717, 1.165) is 23.0 Å². The molecular weight excluding hydrogens is 582 g/mol. The lowest BCUT2D eigenvalue weighted by atomic mass is 10.1. The number of nitrogens with zero attached hydrogens (tertiary/aromatic N) is 3. The van der Waals surface area contributed by atoms with Gasteiger partial charge in [0.25, 0.3) is 11.8 Å². The Morgan fingerprint density at radius 1 is 1.00 bits per heavy atom. The first-order chi connectivity index (χ1) is 20.7. The van der Waals surface area contributed by atoms with Crippen LogP contribution in [0.25, 0.3) is 22.2 Å². The Balaban J connectivity index is 1.27. The van der Waals surface area contributed by atoms with Crippen LogP contribution in [0.3, 0.4) is 0 Å². The zero-order valence-corrected chi connectivity index (χ0v) is 23.3. The van der Waals surface area contributed by atoms with Crippen LogP contribution >= 0.6 is 11.3 Å². The molecule has 2 heterocycles. The molecule has 0 fully saturated rings. The Morgan fingerprint density at radius 3 is 2.56 bits per heavy atom. The van der Waals surface area contributed by atoms with E-state index in [1.807, 2.05) is 12.1 Å². The van der Waals surface area contributed by atoms with Gasteiger partial charge in [-0.15, -0.1) is 0 Å². The van der Waals surface area contributed by atoms with E-state index in [-0.39, 0.29) is 44.4 Å². The number of methoxy groups -OCH3 is 1. The molecule has 0 aliphatic rings. The summed E-state index contributed by atoms with van der Waals surface area (Å²) in [5, 5.41) is 11.7. The fourth-order valence-electron chi connectivity index (χ4n) is 3.88. The van der Waals surface area contributed by atoms with E-state index in [0.29, 0.717) is 30.5 Å². The van der Waals surface area contributed by atoms with Crippen molar-refractivity contribution in [3.05, 3.63) is 83.4 Å². The first-order valence-electron chi connectivity index (χ1n) is 12.6. The maximum atomic E-state index is 14.8. The van der Waals surface area contributed by atoms with E-state index in [1.54, 1.807) is 24.3 Å². The molecule has 0 saturated heterocycles. The van der Waals surface area contributed by atoms with Crippen molar-refractivity contribution in [3.63, 3.8) is 0 Å². The highest BCUT2D eigenvalue weighted by molar-refractivity contribution is 7.19. The summed E-state index contributed by atoms with van der Waals surface area (Å²) >= 11 is 0.961. The normalized spacial score (nSPS) is 10.8. The van der Waals surface area contributed by atoms with Crippen molar-refractivity contribution < 1.29 is 27.6 Å². The third kappa shape index (κ3) is 6.84. The van der Waals surface area contributed by atoms with Crippen molar-refractivity contribution in [2.45, 2.75) is 6.42 Å². The van der Waals surface area contributed by atoms with Crippen molar-refractivity contribution >= 4 is 45.6 Å². The molecule has 5 rings (SSSR count). The second kappa shape index (κ2) is 12.5. The third-order valence-corrected chi connectivity index (χ3v) is 7.03. The van der Waals surface area contributed by atoms with Crippen LogP contribution in [0.1, 0.15) is 15.9 Å². The molecule has 0 unspecified atom stereocenters. The maximum Gasteiger partial charge on any atom is 0.321 e. The average molecular weight is 607 g/mol. The predicted molar refractivity (Wildman–Crippen MR) is 158 cm³/mol. The van der Waals surface area contributed by atoms with Crippen LogP contribution in [-0.2, 0) is 6.42 Å². The van der Waals surface area contributed by atoms with Gasteiger partial charge in [-0.1, -0.05) is 34.7 Å². The van der Waals surface area contributed by atoms with Gasteiger partial charge in [0.1, 0.15) is 28.1 Å². The zero-order valence-electron chi connectivity index (χ0n) is 22.5. The highest BCUT2D eigenvalue weighted by atomic mass is 32.1. The minimum atomic E-state index is -1.00. The standard InChI is InChI=1S/C28H24F2N8O4S/c1-41-17-4-2-3-15(11-17)25(39)34-21-12-18(19(29)13-20(21)30)24-36-26(42-38-24)22-23(32)35-28(43-22)37-27(40)33-10-9-14-5-7-16(31)8-6-14/h2-8,11-13H,9-10,31-32H2,1H3,(H,34,39)(H2,33,35,37,40). The SMILES string of the molecule is COc1cccc(C(=O)Nc2cc(-c3noc(-c4sc(NC(=O)NCCc5ccc(N)cc5)nc4N)n3)c(F)cc2F)c1. The van der Waals surface area contributed by atoms with Crippen LogP contribution in [0, 0.1) is 11.6 Å². The van der Waals surface area contributed by atoms with Gasteiger partial charge in [-0.3, -0.25) is 10.1 Å². The molecule has 3 amide bonds. The number of rotatable bonds is 9. The Kier molecular flexibility index (Phi) is 8.43. The highest BCUT2D eigenvalue weighted by Gasteiger charge is 2.22. The molecule has 0 spiro atoms. The van der Waals surface area contributed by atoms with Gasteiger partial charge in [-0.05, 0) is 48.4 Å². The number of amides is 3. The lowest BCUT2D eigenvalue weighted by Crippen LogP contribution is -2.30. The first-order valence-corrected chi connectivity index (χ1v) is 13.5. The molecule has 0 radical (unpaired) electrons. The van der Waals surface area contributed by atoms with Crippen LogP contribution < -0.4 is 32.2 Å². The van der Waals surface area contributed by atoms with Crippen molar-refractivity contribution in [2.75, 3.05) is 35.8 Å². The van der Waals surface area contributed by atoms with Crippen molar-refractivity contribution in [2.24, 2.45) is 0 Å². The zero-order chi connectivity index (χ0) is 30.5. The Labute approximate surface area is 247 Å². The van der Waals surface area contributed by atoms with E-state index in [2.05, 4.69) is 31.1 Å². The summed E-state index contributed by atoms with van der Waals surface area (Å²) in [5.41, 5.74) is 13.0. The minimum absolute atomic E-state index is 0.0109. The number of carbonyl (C=O) groups excluding carboxylic acids is 2. The molecule has 2 aromatic heterocycles. The number of anilines is 4. The van der Waals surface area contributed by atoms with Gasteiger partial charge < -0.3 is 31.4 Å². The van der Waals surface area contributed by atoms with Gasteiger partial charge in [0, 0.05) is 23.9 Å². The summed E-state index contributed by atoms with van der Waals surface area (Å²) in [4.78, 5) is 33.5. The molecule has 220 valence electrons. The lowest BCUT2D eigenvalue weighted by Gasteiger charge is -2.09. The Bertz CT molecular complexity index is 1790. The molecule has 12 nitrogen and oxygen atoms in total. The monoisotopic (exact) mass is 606 g/mol. The van der Waals surface area contributed by atoms with Crippen molar-refractivity contribution in [1.82, 2.24) is 20.4 Å².